The van der Waals surface area contributed by atoms with E-state index >= 15 is 0 Å². The first kappa shape index (κ1) is 22.5. The number of rotatable bonds is 8. The largest absolute Gasteiger partial charge is 0.478 e. The molecule has 0 atom stereocenters. The highest BCUT2D eigenvalue weighted by Gasteiger charge is 2.31. The number of carboxylic acids is 1. The van der Waals surface area contributed by atoms with Gasteiger partial charge in [0.25, 0.3) is 5.91 Å². The molecule has 0 radical (unpaired) electrons. The van der Waals surface area contributed by atoms with Crippen LogP contribution in [0.25, 0.3) is 6.08 Å². The second-order valence-corrected chi connectivity index (χ2v) is 8.30. The second-order valence-electron chi connectivity index (χ2n) is 6.63. The Hall–Kier alpha value is -3.23. The van der Waals surface area contributed by atoms with Crippen molar-refractivity contribution in [3.63, 3.8) is 0 Å². The molecule has 2 amide bonds. The molecule has 1 fully saturated rings. The van der Waals surface area contributed by atoms with Gasteiger partial charge in [0, 0.05) is 13.0 Å². The Balaban J connectivity index is 1.51. The average Bonchev–Trinajstić information content (AvgIpc) is 3.02. The van der Waals surface area contributed by atoms with Gasteiger partial charge >= 0.3 is 5.97 Å². The van der Waals surface area contributed by atoms with Gasteiger partial charge in [-0.3, -0.25) is 14.5 Å². The Morgan fingerprint density at radius 3 is 2.55 bits per heavy atom. The molecule has 0 bridgehead atoms. The summed E-state index contributed by atoms with van der Waals surface area (Å²) in [6.07, 6.45) is 6.00. The third-order valence-electron chi connectivity index (χ3n) is 4.43. The number of aromatic carboxylic acids is 1. The molecule has 3 rings (SSSR count). The van der Waals surface area contributed by atoms with Gasteiger partial charge in [0.2, 0.25) is 5.91 Å². The summed E-state index contributed by atoms with van der Waals surface area (Å²) >= 11 is 6.54. The molecule has 0 saturated carbocycles. The molecule has 158 valence electrons. The van der Waals surface area contributed by atoms with Crippen molar-refractivity contribution in [1.82, 2.24) is 4.90 Å². The lowest BCUT2D eigenvalue weighted by molar-refractivity contribution is -0.122. The summed E-state index contributed by atoms with van der Waals surface area (Å²) in [6, 6.07) is 16.0. The lowest BCUT2D eigenvalue weighted by Crippen LogP contribution is -2.29. The fourth-order valence-electron chi connectivity index (χ4n) is 2.91. The van der Waals surface area contributed by atoms with E-state index in [0.29, 0.717) is 22.2 Å². The molecule has 0 aliphatic carbocycles. The smallest absolute Gasteiger partial charge is 0.337 e. The number of anilines is 1. The van der Waals surface area contributed by atoms with Gasteiger partial charge in [0.05, 0.1) is 16.2 Å². The van der Waals surface area contributed by atoms with Gasteiger partial charge in [0.15, 0.2) is 0 Å². The van der Waals surface area contributed by atoms with Gasteiger partial charge in [-0.25, -0.2) is 4.79 Å². The fraction of sp³-hybridized carbons (Fsp3) is 0.130. The van der Waals surface area contributed by atoms with Crippen LogP contribution in [0.1, 0.15) is 28.8 Å². The summed E-state index contributed by atoms with van der Waals surface area (Å²) in [7, 11) is 0. The molecule has 0 aromatic heterocycles. The topological polar surface area (TPSA) is 86.7 Å². The Morgan fingerprint density at radius 1 is 1.10 bits per heavy atom. The maximum atomic E-state index is 12.6. The molecular formula is C23H20N2O4S2. The summed E-state index contributed by atoms with van der Waals surface area (Å²) in [5.74, 6) is -1.61. The Bertz CT molecular complexity index is 1060. The number of carbonyl (C=O) groups is 3. The first-order chi connectivity index (χ1) is 15.0. The molecule has 0 spiro atoms. The highest BCUT2D eigenvalue weighted by molar-refractivity contribution is 8.26. The summed E-state index contributed by atoms with van der Waals surface area (Å²) < 4.78 is 0.459. The predicted molar refractivity (Wildman–Crippen MR) is 127 cm³/mol. The number of benzene rings is 2. The number of hydrogen-bond donors (Lipinski definition) is 2. The zero-order valence-corrected chi connectivity index (χ0v) is 18.1. The van der Waals surface area contributed by atoms with Crippen LogP contribution in [0.2, 0.25) is 0 Å². The van der Waals surface area contributed by atoms with Crippen molar-refractivity contribution in [3.05, 3.63) is 82.8 Å². The van der Waals surface area contributed by atoms with Gasteiger partial charge in [0.1, 0.15) is 4.32 Å². The number of nitrogens with one attached hydrogen (secondary N) is 1. The van der Waals surface area contributed by atoms with Gasteiger partial charge in [-0.15, -0.1) is 0 Å². The zero-order chi connectivity index (χ0) is 22.2. The quantitative estimate of drug-likeness (QED) is 0.451. The molecule has 1 saturated heterocycles. The van der Waals surface area contributed by atoms with Crippen molar-refractivity contribution in [1.29, 1.82) is 0 Å². The summed E-state index contributed by atoms with van der Waals surface area (Å²) in [6.45, 7) is 0.318. The Labute approximate surface area is 189 Å². The van der Waals surface area contributed by atoms with Crippen molar-refractivity contribution in [2.75, 3.05) is 11.9 Å². The van der Waals surface area contributed by atoms with E-state index in [4.69, 9.17) is 12.2 Å². The van der Waals surface area contributed by atoms with Gasteiger partial charge in [-0.05, 0) is 30.2 Å². The molecule has 1 aliphatic heterocycles. The van der Waals surface area contributed by atoms with Crippen LogP contribution in [0.5, 0.6) is 0 Å². The number of nitrogens with zero attached hydrogens (tertiary/aromatic N) is 1. The molecule has 0 unspecified atom stereocenters. The minimum absolute atomic E-state index is 0.0292. The highest BCUT2D eigenvalue weighted by Crippen LogP contribution is 2.31. The number of thiocarbonyl (C=S) groups is 1. The fourth-order valence-corrected chi connectivity index (χ4v) is 4.17. The standard InChI is InChI=1S/C23H20N2O4S2/c26-20(24-18-12-5-4-11-17(18)22(28)29)14-7-15-25-21(27)19(31-23(25)30)13-6-10-16-8-2-1-3-9-16/h1-6,8-13H,7,14-15H2,(H,24,26)(H,28,29). The van der Waals surface area contributed by atoms with E-state index in [-0.39, 0.29) is 29.5 Å². The highest BCUT2D eigenvalue weighted by atomic mass is 32.2. The van der Waals surface area contributed by atoms with E-state index in [9.17, 15) is 19.5 Å². The minimum Gasteiger partial charge on any atom is -0.478 e. The van der Waals surface area contributed by atoms with Crippen LogP contribution in [0.15, 0.2) is 71.7 Å². The third-order valence-corrected chi connectivity index (χ3v) is 5.82. The number of thioether (sulfide) groups is 1. The minimum atomic E-state index is -1.11. The van der Waals surface area contributed by atoms with Crippen molar-refractivity contribution in [3.8, 4) is 0 Å². The number of para-hydroxylation sites is 1. The maximum Gasteiger partial charge on any atom is 0.337 e. The number of hydrogen-bond acceptors (Lipinski definition) is 5. The number of carboxylic acid groups (broad SMARTS) is 1. The van der Waals surface area contributed by atoms with Crippen LogP contribution in [-0.4, -0.2) is 38.7 Å². The van der Waals surface area contributed by atoms with Crippen molar-refractivity contribution in [2.24, 2.45) is 0 Å². The van der Waals surface area contributed by atoms with Gasteiger partial charge in [-0.1, -0.05) is 78.6 Å². The molecule has 2 N–H and O–H groups in total. The molecule has 2 aromatic rings. The van der Waals surface area contributed by atoms with Crippen molar-refractivity contribution >= 4 is 57.8 Å². The molecule has 1 aliphatic rings. The van der Waals surface area contributed by atoms with Crippen LogP contribution in [0.3, 0.4) is 0 Å². The molecule has 2 aromatic carbocycles. The number of carbonyl (C=O) groups excluding carboxylic acids is 2. The average molecular weight is 453 g/mol. The van der Waals surface area contributed by atoms with E-state index in [1.807, 2.05) is 42.5 Å². The maximum absolute atomic E-state index is 12.6. The van der Waals surface area contributed by atoms with E-state index in [2.05, 4.69) is 5.32 Å². The van der Waals surface area contributed by atoms with Crippen LogP contribution >= 0.6 is 24.0 Å². The van der Waals surface area contributed by atoms with Gasteiger partial charge < -0.3 is 10.4 Å². The summed E-state index contributed by atoms with van der Waals surface area (Å²) in [5, 5.41) is 11.8. The number of allylic oxidation sites excluding steroid dienone is 2. The third kappa shape index (κ3) is 6.13. The molecule has 8 heteroatoms. The summed E-state index contributed by atoms with van der Waals surface area (Å²) in [5.41, 5.74) is 1.31. The normalized spacial score (nSPS) is 15.1. The predicted octanol–water partition coefficient (Wildman–Crippen LogP) is 4.56. The number of amides is 2. The Kier molecular flexibility index (Phi) is 7.75. The second kappa shape index (κ2) is 10.7. The van der Waals surface area contributed by atoms with E-state index < -0.39 is 5.97 Å². The van der Waals surface area contributed by atoms with E-state index in [1.54, 1.807) is 18.2 Å². The Morgan fingerprint density at radius 2 is 1.81 bits per heavy atom. The van der Waals surface area contributed by atoms with Crippen molar-refractivity contribution in [2.45, 2.75) is 12.8 Å². The van der Waals surface area contributed by atoms with Crippen LogP contribution in [0, 0.1) is 0 Å². The monoisotopic (exact) mass is 452 g/mol. The first-order valence-corrected chi connectivity index (χ1v) is 10.8. The zero-order valence-electron chi connectivity index (χ0n) is 16.5. The lowest BCUT2D eigenvalue weighted by atomic mass is 10.1. The molecule has 6 nitrogen and oxygen atoms in total. The molecule has 31 heavy (non-hydrogen) atoms. The van der Waals surface area contributed by atoms with Crippen molar-refractivity contribution < 1.29 is 19.5 Å². The molecule has 1 heterocycles. The van der Waals surface area contributed by atoms with Crippen LogP contribution in [0.4, 0.5) is 5.69 Å². The van der Waals surface area contributed by atoms with Crippen LogP contribution in [-0.2, 0) is 9.59 Å². The van der Waals surface area contributed by atoms with E-state index in [1.165, 1.54) is 28.8 Å². The SMILES string of the molecule is O=C(CCCN1C(=O)C(=CC=Cc2ccccc2)SC1=S)Nc1ccccc1C(=O)O. The first-order valence-electron chi connectivity index (χ1n) is 9.55. The van der Waals surface area contributed by atoms with Crippen LogP contribution < -0.4 is 5.32 Å². The van der Waals surface area contributed by atoms with Gasteiger partial charge in [-0.2, -0.15) is 0 Å². The summed E-state index contributed by atoms with van der Waals surface area (Å²) in [4.78, 5) is 38.0. The molecular weight excluding hydrogens is 432 g/mol. The lowest BCUT2D eigenvalue weighted by Gasteiger charge is -2.14. The van der Waals surface area contributed by atoms with E-state index in [0.717, 1.165) is 5.56 Å².